The van der Waals surface area contributed by atoms with Gasteiger partial charge in [0.05, 0.1) is 23.0 Å². The van der Waals surface area contributed by atoms with E-state index in [1.165, 1.54) is 27.8 Å². The van der Waals surface area contributed by atoms with Crippen molar-refractivity contribution in [3.8, 4) is 84.5 Å². The van der Waals surface area contributed by atoms with E-state index in [4.69, 9.17) is 9.97 Å². The lowest BCUT2D eigenvalue weighted by molar-refractivity contribution is 0.660. The zero-order valence-electron chi connectivity index (χ0n) is 31.6. The maximum absolute atomic E-state index is 9.70. The number of nitrogens with zero attached hydrogens (tertiary/aromatic N) is 4. The summed E-state index contributed by atoms with van der Waals surface area (Å²) in [4.78, 5) is 14.8. The highest BCUT2D eigenvalue weighted by molar-refractivity contribution is 5.90. The molecule has 0 saturated carbocycles. The molecular formula is C53H36N4. The third-order valence-electron chi connectivity index (χ3n) is 11.4. The van der Waals surface area contributed by atoms with Gasteiger partial charge in [0.1, 0.15) is 0 Å². The number of benzene rings is 7. The van der Waals surface area contributed by atoms with Crippen molar-refractivity contribution in [1.29, 1.82) is 5.26 Å². The molecular weight excluding hydrogens is 693 g/mol. The molecule has 0 aliphatic heterocycles. The lowest BCUT2D eigenvalue weighted by Crippen LogP contribution is -2.15. The standard InChI is InChI=1S/C53H36N4/c1-53(2)48-25-34(32-54)13-21-46(48)47-22-20-41(30-49(47)53)43-27-42(40-19-16-37-23-24-55-33-45(37)26-40)28-44(29-43)51-31-50(56-52(57-51)39-11-7-4-8-12-39)38-17-14-36(15-18-38)35-9-5-3-6-10-35/h3-31,33H,1-2H3. The molecule has 2 heterocycles. The SMILES string of the molecule is CC1(C)c2cc(C#N)ccc2-c2ccc(-c3cc(-c4ccc5ccncc5c4)cc(-c4cc(-c5ccc(-c6ccccc6)cc5)nc(-c5ccccc5)n4)c3)cc21. The van der Waals surface area contributed by atoms with Gasteiger partial charge >= 0.3 is 0 Å². The van der Waals surface area contributed by atoms with Crippen LogP contribution in [0.5, 0.6) is 0 Å². The fraction of sp³-hybridized carbons (Fsp3) is 0.0566. The van der Waals surface area contributed by atoms with Crippen LogP contribution in [0.15, 0.2) is 182 Å². The highest BCUT2D eigenvalue weighted by Crippen LogP contribution is 2.50. The van der Waals surface area contributed by atoms with Crippen molar-refractivity contribution in [2.45, 2.75) is 19.3 Å². The zero-order valence-corrected chi connectivity index (χ0v) is 31.6. The highest BCUT2D eigenvalue weighted by atomic mass is 14.9. The second-order valence-corrected chi connectivity index (χ2v) is 15.3. The number of hydrogen-bond acceptors (Lipinski definition) is 4. The van der Waals surface area contributed by atoms with Crippen LogP contribution in [0.3, 0.4) is 0 Å². The van der Waals surface area contributed by atoms with Gasteiger partial charge in [0, 0.05) is 39.9 Å². The van der Waals surface area contributed by atoms with Gasteiger partial charge in [-0.2, -0.15) is 5.26 Å². The quantitative estimate of drug-likeness (QED) is 0.171. The van der Waals surface area contributed by atoms with Gasteiger partial charge in [0.25, 0.3) is 0 Å². The molecule has 4 heteroatoms. The third kappa shape index (κ3) is 6.16. The summed E-state index contributed by atoms with van der Waals surface area (Å²) in [6.45, 7) is 4.51. The summed E-state index contributed by atoms with van der Waals surface area (Å²) in [5.41, 5.74) is 16.7. The van der Waals surface area contributed by atoms with Crippen LogP contribution >= 0.6 is 0 Å². The molecule has 10 rings (SSSR count). The van der Waals surface area contributed by atoms with E-state index >= 15 is 0 Å². The van der Waals surface area contributed by atoms with E-state index in [-0.39, 0.29) is 5.41 Å². The van der Waals surface area contributed by atoms with Crippen LogP contribution in [0, 0.1) is 11.3 Å². The van der Waals surface area contributed by atoms with E-state index < -0.39 is 0 Å². The molecule has 2 aromatic heterocycles. The molecule has 0 bridgehead atoms. The van der Waals surface area contributed by atoms with Gasteiger partial charge < -0.3 is 0 Å². The number of aromatic nitrogens is 3. The number of hydrogen-bond donors (Lipinski definition) is 0. The van der Waals surface area contributed by atoms with Crippen LogP contribution < -0.4 is 0 Å². The summed E-state index contributed by atoms with van der Waals surface area (Å²) in [6, 6.07) is 62.0. The summed E-state index contributed by atoms with van der Waals surface area (Å²) < 4.78 is 0. The molecule has 0 amide bonds. The molecule has 9 aromatic rings. The van der Waals surface area contributed by atoms with Crippen LogP contribution in [-0.2, 0) is 5.41 Å². The minimum Gasteiger partial charge on any atom is -0.264 e. The van der Waals surface area contributed by atoms with Gasteiger partial charge in [0.15, 0.2) is 5.82 Å². The van der Waals surface area contributed by atoms with Crippen molar-refractivity contribution in [2.24, 2.45) is 0 Å². The Morgan fingerprint density at radius 1 is 0.439 bits per heavy atom. The van der Waals surface area contributed by atoms with Crippen molar-refractivity contribution in [3.05, 3.63) is 199 Å². The molecule has 0 radical (unpaired) electrons. The lowest BCUT2D eigenvalue weighted by atomic mass is 9.81. The maximum atomic E-state index is 9.70. The zero-order chi connectivity index (χ0) is 38.5. The number of nitriles is 1. The van der Waals surface area contributed by atoms with Crippen LogP contribution in [-0.4, -0.2) is 15.0 Å². The fourth-order valence-electron chi connectivity index (χ4n) is 8.28. The van der Waals surface area contributed by atoms with E-state index in [9.17, 15) is 5.26 Å². The van der Waals surface area contributed by atoms with Gasteiger partial charge in [-0.15, -0.1) is 0 Å². The van der Waals surface area contributed by atoms with Gasteiger partial charge in [-0.05, 0) is 116 Å². The largest absolute Gasteiger partial charge is 0.264 e. The minimum absolute atomic E-state index is 0.262. The molecule has 0 unspecified atom stereocenters. The fourth-order valence-corrected chi connectivity index (χ4v) is 8.28. The van der Waals surface area contributed by atoms with Crippen molar-refractivity contribution in [2.75, 3.05) is 0 Å². The topological polar surface area (TPSA) is 62.5 Å². The third-order valence-corrected chi connectivity index (χ3v) is 11.4. The number of fused-ring (bicyclic) bond motifs is 4. The van der Waals surface area contributed by atoms with E-state index in [1.807, 2.05) is 48.8 Å². The Balaban J connectivity index is 1.15. The molecule has 1 aliphatic rings. The molecule has 7 aromatic carbocycles. The molecule has 0 N–H and O–H groups in total. The molecule has 0 saturated heterocycles. The smallest absolute Gasteiger partial charge is 0.160 e. The predicted octanol–water partition coefficient (Wildman–Crippen LogP) is 13.2. The first-order chi connectivity index (χ1) is 27.9. The average Bonchev–Trinajstić information content (AvgIpc) is 3.51. The van der Waals surface area contributed by atoms with Gasteiger partial charge in [-0.3, -0.25) is 4.98 Å². The van der Waals surface area contributed by atoms with Gasteiger partial charge in [0.2, 0.25) is 0 Å². The number of pyridine rings is 1. The summed E-state index contributed by atoms with van der Waals surface area (Å²) in [5, 5.41) is 11.9. The molecule has 57 heavy (non-hydrogen) atoms. The Bertz CT molecular complexity index is 3030. The summed E-state index contributed by atoms with van der Waals surface area (Å²) in [6.07, 6.45) is 3.76. The summed E-state index contributed by atoms with van der Waals surface area (Å²) in [5.74, 6) is 0.674. The Morgan fingerprint density at radius 3 is 1.72 bits per heavy atom. The average molecular weight is 729 g/mol. The summed E-state index contributed by atoms with van der Waals surface area (Å²) in [7, 11) is 0. The Kier molecular flexibility index (Phi) is 8.17. The van der Waals surface area contributed by atoms with E-state index in [0.717, 1.165) is 66.7 Å². The predicted molar refractivity (Wildman–Crippen MR) is 232 cm³/mol. The first-order valence-corrected chi connectivity index (χ1v) is 19.2. The minimum atomic E-state index is -0.262. The Hall–Kier alpha value is -7.48. The van der Waals surface area contributed by atoms with Crippen molar-refractivity contribution in [3.63, 3.8) is 0 Å². The van der Waals surface area contributed by atoms with Crippen molar-refractivity contribution in [1.82, 2.24) is 15.0 Å². The lowest BCUT2D eigenvalue weighted by Gasteiger charge is -2.22. The van der Waals surface area contributed by atoms with Crippen LogP contribution in [0.1, 0.15) is 30.5 Å². The van der Waals surface area contributed by atoms with E-state index in [1.54, 1.807) is 0 Å². The molecule has 4 nitrogen and oxygen atoms in total. The monoisotopic (exact) mass is 728 g/mol. The van der Waals surface area contributed by atoms with Crippen LogP contribution in [0.4, 0.5) is 0 Å². The molecule has 0 atom stereocenters. The second kappa shape index (κ2) is 13.7. The molecule has 1 aliphatic carbocycles. The molecule has 0 fully saturated rings. The Morgan fingerprint density at radius 2 is 1.00 bits per heavy atom. The number of rotatable bonds is 6. The van der Waals surface area contributed by atoms with Gasteiger partial charge in [-0.25, -0.2) is 9.97 Å². The van der Waals surface area contributed by atoms with Crippen molar-refractivity contribution >= 4 is 10.8 Å². The molecule has 0 spiro atoms. The first kappa shape index (κ1) is 34.0. The van der Waals surface area contributed by atoms with Crippen LogP contribution in [0.2, 0.25) is 0 Å². The Labute approximate surface area is 332 Å². The van der Waals surface area contributed by atoms with Gasteiger partial charge in [-0.1, -0.05) is 129 Å². The van der Waals surface area contributed by atoms with E-state index in [2.05, 4.69) is 158 Å². The van der Waals surface area contributed by atoms with E-state index in [0.29, 0.717) is 11.4 Å². The molecule has 268 valence electrons. The highest BCUT2D eigenvalue weighted by Gasteiger charge is 2.36. The second-order valence-electron chi connectivity index (χ2n) is 15.3. The maximum Gasteiger partial charge on any atom is 0.160 e. The van der Waals surface area contributed by atoms with Crippen LogP contribution in [0.25, 0.3) is 89.2 Å². The summed E-state index contributed by atoms with van der Waals surface area (Å²) >= 11 is 0. The normalized spacial score (nSPS) is 12.5. The first-order valence-electron chi connectivity index (χ1n) is 19.2. The van der Waals surface area contributed by atoms with Crippen molar-refractivity contribution < 1.29 is 0 Å².